The third kappa shape index (κ3) is 17.9. The third-order valence-electron chi connectivity index (χ3n) is 11.7. The number of ether oxygens (including phenoxy) is 7. The summed E-state index contributed by atoms with van der Waals surface area (Å²) in [6.07, 6.45) is -7.63. The molecule has 0 radical (unpaired) electrons. The van der Waals surface area contributed by atoms with Crippen molar-refractivity contribution in [3.8, 4) is 11.8 Å². The van der Waals surface area contributed by atoms with E-state index in [1.54, 1.807) is 136 Å². The van der Waals surface area contributed by atoms with Gasteiger partial charge in [-0.25, -0.2) is 51.6 Å². The molecule has 0 atom stereocenters. The molecule has 0 bridgehead atoms. The molecule has 1 N–H and O–H groups in total. The third-order valence-corrected chi connectivity index (χ3v) is 12.2. The number of methoxy groups -OCH3 is 1. The monoisotopic (exact) mass is 1230 g/mol. The SMILES string of the molecule is COC(=O)C(C)(C)Nc1ccc2nc(C(F)F)nc(OCCOC(=O)OC(C)(C)C)c2c1.[C-]#[N+]c1ccc(N2C(=O)C(C)(C)N(c3ccc4nc(C(F)F)nc(OCCOC(=O)OC(C)(C)C)c4c3)C2=S)cc1C.[C-]#[N+]c1ccc(N=C=S)cc1C. The van der Waals surface area contributed by atoms with Crippen LogP contribution in [0.3, 0.4) is 0 Å². The Kier molecular flexibility index (Phi) is 22.5. The number of rotatable bonds is 16. The zero-order chi connectivity index (χ0) is 64.1. The predicted octanol–water partition coefficient (Wildman–Crippen LogP) is 14.2. The number of aliphatic imine (C=N–C) groups is 1. The highest BCUT2D eigenvalue weighted by Crippen LogP contribution is 2.40. The first kappa shape index (κ1) is 67.6. The number of benzene rings is 4. The van der Waals surface area contributed by atoms with Crippen LogP contribution in [0, 0.1) is 27.0 Å². The Balaban J connectivity index is 0.000000269. The zero-order valence-corrected chi connectivity index (χ0v) is 50.9. The van der Waals surface area contributed by atoms with Gasteiger partial charge in [-0.05, 0) is 179 Å². The summed E-state index contributed by atoms with van der Waals surface area (Å²) in [6, 6.07) is 19.7. The lowest BCUT2D eigenvalue weighted by Gasteiger charge is -2.29. The van der Waals surface area contributed by atoms with E-state index in [2.05, 4.69) is 57.3 Å². The minimum atomic E-state index is -2.96. The Morgan fingerprint density at radius 2 is 1.17 bits per heavy atom. The van der Waals surface area contributed by atoms with Gasteiger partial charge >= 0.3 is 18.3 Å². The van der Waals surface area contributed by atoms with E-state index in [-0.39, 0.29) is 65.6 Å². The topological polar surface area (TPSA) is 224 Å². The van der Waals surface area contributed by atoms with Crippen molar-refractivity contribution < 1.29 is 69.9 Å². The van der Waals surface area contributed by atoms with Crippen LogP contribution in [0.5, 0.6) is 11.8 Å². The number of hydrogen-bond acceptors (Lipinski definition) is 19. The van der Waals surface area contributed by atoms with Crippen molar-refractivity contribution in [2.45, 2.75) is 118 Å². The van der Waals surface area contributed by atoms with E-state index >= 15 is 0 Å². The van der Waals surface area contributed by atoms with Crippen molar-refractivity contribution in [1.29, 1.82) is 0 Å². The normalized spacial score (nSPS) is 12.8. The van der Waals surface area contributed by atoms with Crippen LogP contribution in [-0.4, -0.2) is 110 Å². The van der Waals surface area contributed by atoms with Crippen LogP contribution < -0.4 is 24.6 Å². The average molecular weight is 1230 g/mol. The number of nitrogens with zero attached hydrogens (tertiary/aromatic N) is 9. The molecule has 0 unspecified atom stereocenters. The first-order chi connectivity index (χ1) is 40.2. The molecule has 27 heteroatoms. The van der Waals surface area contributed by atoms with Crippen molar-refractivity contribution in [3.63, 3.8) is 0 Å². The molecule has 7 rings (SSSR count). The lowest BCUT2D eigenvalue weighted by atomic mass is 10.0. The summed E-state index contributed by atoms with van der Waals surface area (Å²) in [5, 5.41) is 6.10. The number of hydrogen-bond donors (Lipinski definition) is 1. The van der Waals surface area contributed by atoms with E-state index in [0.29, 0.717) is 39.4 Å². The summed E-state index contributed by atoms with van der Waals surface area (Å²) in [5.41, 5.74) is 1.75. The number of aryl methyl sites for hydroxylation is 2. The molecule has 21 nitrogen and oxygen atoms in total. The van der Waals surface area contributed by atoms with Gasteiger partial charge in [-0.1, -0.05) is 12.1 Å². The van der Waals surface area contributed by atoms with E-state index < -0.39 is 65.1 Å². The van der Waals surface area contributed by atoms with Crippen LogP contribution >= 0.6 is 24.4 Å². The fraction of sp³-hybridized carbons (Fsp3) is 0.390. The summed E-state index contributed by atoms with van der Waals surface area (Å²) < 4.78 is 89.6. The molecule has 86 heavy (non-hydrogen) atoms. The quantitative estimate of drug-likeness (QED) is 0.0181. The van der Waals surface area contributed by atoms with Crippen LogP contribution in [0.15, 0.2) is 77.8 Å². The number of isothiocyanates is 1. The lowest BCUT2D eigenvalue weighted by molar-refractivity contribution is -0.144. The van der Waals surface area contributed by atoms with Crippen LogP contribution in [0.4, 0.5) is 61.3 Å². The number of amides is 1. The van der Waals surface area contributed by atoms with Crippen molar-refractivity contribution in [2.24, 2.45) is 4.99 Å². The molecule has 1 amide bonds. The van der Waals surface area contributed by atoms with Gasteiger partial charge in [0, 0.05) is 17.1 Å². The maximum Gasteiger partial charge on any atom is 0.508 e. The summed E-state index contributed by atoms with van der Waals surface area (Å²) in [5.74, 6) is -2.47. The van der Waals surface area contributed by atoms with Gasteiger partial charge in [-0.2, -0.15) is 15.0 Å². The first-order valence-electron chi connectivity index (χ1n) is 26.0. The second-order valence-electron chi connectivity index (χ2n) is 21.6. The number of halogens is 4. The van der Waals surface area contributed by atoms with E-state index in [4.69, 9.17) is 58.5 Å². The van der Waals surface area contributed by atoms with Crippen molar-refractivity contribution in [3.05, 3.63) is 118 Å². The number of esters is 1. The van der Waals surface area contributed by atoms with Crippen molar-refractivity contribution in [1.82, 2.24) is 19.9 Å². The fourth-order valence-corrected chi connectivity index (χ4v) is 8.48. The molecule has 2 aromatic heterocycles. The van der Waals surface area contributed by atoms with Gasteiger partial charge in [0.1, 0.15) is 48.7 Å². The van der Waals surface area contributed by atoms with Gasteiger partial charge < -0.3 is 43.4 Å². The molecule has 0 aliphatic carbocycles. The number of aromatic nitrogens is 4. The minimum absolute atomic E-state index is 0.113. The molecule has 1 saturated heterocycles. The number of anilines is 3. The van der Waals surface area contributed by atoms with Crippen molar-refractivity contribution >= 4 is 115 Å². The standard InChI is InChI=1S/C29H29F2N5O5S.C21H27F2N3O6.C9H6N2S/c1-16-14-17(8-10-20(16)32-7)35-25(37)29(5,6)36(26(35)42)18-9-11-21-19(15-18)24(34-23(33-21)22(30)31)39-12-13-40-27(38)41-28(2,3)4;1-20(2,3)32-19(28)31-10-9-30-17-13-11-12(26-21(4,5)18(27)29-6)7-8-14(13)24-16(25-17)15(22)23;1-7-5-8(11-6-12)3-4-9(7)10-2/h8-11,14-15,22H,12-13H2,1-6H3;7-8,11,15,26H,9-10H2,1-6H3;3-5H,1H3. The summed E-state index contributed by atoms with van der Waals surface area (Å²) in [4.78, 5) is 78.1. The molecule has 1 aliphatic heterocycles. The zero-order valence-electron chi connectivity index (χ0n) is 49.3. The number of thiocarbonyl (C=S) groups is 2. The minimum Gasteiger partial charge on any atom is -0.474 e. The van der Waals surface area contributed by atoms with E-state index in [0.717, 1.165) is 11.3 Å². The van der Waals surface area contributed by atoms with Gasteiger partial charge in [-0.3, -0.25) is 9.69 Å². The Bertz CT molecular complexity index is 3670. The highest BCUT2D eigenvalue weighted by molar-refractivity contribution is 7.81. The Labute approximate surface area is 504 Å². The summed E-state index contributed by atoms with van der Waals surface area (Å²) >= 11 is 10.2. The van der Waals surface area contributed by atoms with E-state index in [9.17, 15) is 36.7 Å². The average Bonchev–Trinajstić information content (AvgIpc) is 2.51. The maximum absolute atomic E-state index is 13.6. The van der Waals surface area contributed by atoms with E-state index in [1.165, 1.54) is 24.1 Å². The smallest absolute Gasteiger partial charge is 0.474 e. The molecule has 0 saturated carbocycles. The fourth-order valence-electron chi connectivity index (χ4n) is 7.86. The number of fused-ring (bicyclic) bond motifs is 2. The van der Waals surface area contributed by atoms with Gasteiger partial charge in [0.25, 0.3) is 18.8 Å². The number of alkyl halides is 4. The second-order valence-corrected chi connectivity index (χ2v) is 22.1. The van der Waals surface area contributed by atoms with Crippen molar-refractivity contribution in [2.75, 3.05) is 48.7 Å². The van der Waals surface area contributed by atoms with Gasteiger partial charge in [0.15, 0.2) is 28.1 Å². The number of carbonyl (C=O) groups is 4. The Morgan fingerprint density at radius 1 is 0.698 bits per heavy atom. The molecule has 0 spiro atoms. The van der Waals surface area contributed by atoms with Crippen LogP contribution in [0.25, 0.3) is 31.5 Å². The molecule has 6 aromatic rings. The number of carbonyl (C=O) groups excluding carboxylic acids is 4. The molecule has 4 aromatic carbocycles. The molecule has 454 valence electrons. The van der Waals surface area contributed by atoms with E-state index in [1.807, 2.05) is 13.0 Å². The highest BCUT2D eigenvalue weighted by Gasteiger charge is 2.50. The molecule has 1 aliphatic rings. The molecule has 3 heterocycles. The highest BCUT2D eigenvalue weighted by atomic mass is 32.1. The second kappa shape index (κ2) is 28.6. The van der Waals surface area contributed by atoms with Crippen LogP contribution in [0.1, 0.15) is 105 Å². The summed E-state index contributed by atoms with van der Waals surface area (Å²) in [7, 11) is 1.27. The Hall–Kier alpha value is -9.17. The van der Waals surface area contributed by atoms with Gasteiger partial charge in [0.2, 0.25) is 11.8 Å². The lowest BCUT2D eigenvalue weighted by Crippen LogP contribution is -2.44. The molecule has 1 fully saturated rings. The number of nitrogens with one attached hydrogen (secondary N) is 1. The van der Waals surface area contributed by atoms with Gasteiger partial charge in [0.05, 0.1) is 52.9 Å². The first-order valence-corrected chi connectivity index (χ1v) is 26.8. The summed E-state index contributed by atoms with van der Waals surface area (Å²) in [6.45, 7) is 33.8. The Morgan fingerprint density at radius 3 is 1.63 bits per heavy atom. The van der Waals surface area contributed by atoms with Crippen LogP contribution in [-0.2, 0) is 33.3 Å². The van der Waals surface area contributed by atoms with Crippen LogP contribution in [0.2, 0.25) is 0 Å². The maximum atomic E-state index is 13.6. The molecular weight excluding hydrogens is 1160 g/mol. The molecular formula is C59H62F4N10O11S2. The largest absolute Gasteiger partial charge is 0.508 e. The van der Waals surface area contributed by atoms with Gasteiger partial charge in [-0.15, -0.1) is 0 Å². The predicted molar refractivity (Wildman–Crippen MR) is 320 cm³/mol.